The fraction of sp³-hybridized carbons (Fsp3) is 0.455. The molecule has 19 heavy (non-hydrogen) atoms. The number of nitrogens with one attached hydrogen (secondary N) is 1. The van der Waals surface area contributed by atoms with Crippen LogP contribution < -0.4 is 11.3 Å². The highest BCUT2D eigenvalue weighted by Crippen LogP contribution is 2.16. The van der Waals surface area contributed by atoms with Gasteiger partial charge in [-0.25, -0.2) is 8.78 Å². The monoisotopic (exact) mass is 284 g/mol. The molecule has 108 valence electrons. The van der Waals surface area contributed by atoms with E-state index in [0.29, 0.717) is 0 Å². The fourth-order valence-electron chi connectivity index (χ4n) is 1.46. The van der Waals surface area contributed by atoms with Gasteiger partial charge < -0.3 is 4.74 Å². The van der Waals surface area contributed by atoms with Crippen molar-refractivity contribution in [3.63, 3.8) is 0 Å². The second-order valence-electron chi connectivity index (χ2n) is 3.90. The average molecular weight is 284 g/mol. The fourth-order valence-corrected chi connectivity index (χ4v) is 1.46. The summed E-state index contributed by atoms with van der Waals surface area (Å²) >= 11 is 0. The van der Waals surface area contributed by atoms with E-state index in [2.05, 4.69) is 10.2 Å². The average Bonchev–Trinajstić information content (AvgIpc) is 2.30. The second kappa shape index (κ2) is 6.78. The Morgan fingerprint density at radius 3 is 2.26 bits per heavy atom. The molecule has 0 aliphatic carbocycles. The zero-order chi connectivity index (χ0) is 14.5. The molecular weight excluding hydrogens is 271 g/mol. The molecule has 0 saturated carbocycles. The molecule has 0 aromatic heterocycles. The van der Waals surface area contributed by atoms with E-state index < -0.39 is 37.1 Å². The number of hydrazine groups is 1. The van der Waals surface area contributed by atoms with E-state index in [1.165, 1.54) is 6.07 Å². The van der Waals surface area contributed by atoms with Crippen molar-refractivity contribution in [3.05, 3.63) is 35.4 Å². The van der Waals surface area contributed by atoms with Crippen LogP contribution in [0.1, 0.15) is 5.56 Å². The Morgan fingerprint density at radius 2 is 1.79 bits per heavy atom. The Hall–Kier alpha value is -1.25. The molecule has 1 unspecified atom stereocenters. The lowest BCUT2D eigenvalue weighted by Crippen LogP contribution is -2.41. The number of nitrogens with two attached hydrogens (primary N) is 1. The molecule has 0 saturated heterocycles. The molecule has 1 aromatic rings. The van der Waals surface area contributed by atoms with Crippen molar-refractivity contribution in [1.29, 1.82) is 0 Å². The smallest absolute Gasteiger partial charge is 0.370 e. The molecular formula is C11H13F5N2O. The summed E-state index contributed by atoms with van der Waals surface area (Å²) in [6.45, 7) is -1.85. The summed E-state index contributed by atoms with van der Waals surface area (Å²) in [7, 11) is 0. The molecule has 0 spiro atoms. The van der Waals surface area contributed by atoms with Crippen LogP contribution in [0.15, 0.2) is 18.2 Å². The molecule has 0 heterocycles. The van der Waals surface area contributed by atoms with E-state index in [9.17, 15) is 22.0 Å². The first-order valence-corrected chi connectivity index (χ1v) is 5.37. The van der Waals surface area contributed by atoms with Gasteiger partial charge in [-0.15, -0.1) is 0 Å². The van der Waals surface area contributed by atoms with Gasteiger partial charge in [-0.3, -0.25) is 11.3 Å². The highest BCUT2D eigenvalue weighted by atomic mass is 19.4. The predicted octanol–water partition coefficient (Wildman–Crippen LogP) is 1.92. The number of alkyl halides is 3. The van der Waals surface area contributed by atoms with E-state index in [4.69, 9.17) is 5.84 Å². The van der Waals surface area contributed by atoms with Gasteiger partial charge in [0.15, 0.2) is 0 Å². The zero-order valence-corrected chi connectivity index (χ0v) is 9.81. The molecule has 0 aliphatic heterocycles. The van der Waals surface area contributed by atoms with Crippen molar-refractivity contribution >= 4 is 0 Å². The maximum Gasteiger partial charge on any atom is 0.411 e. The number of ether oxygens (including phenoxy) is 1. The van der Waals surface area contributed by atoms with Crippen LogP contribution in [0.3, 0.4) is 0 Å². The van der Waals surface area contributed by atoms with E-state index in [1.54, 1.807) is 0 Å². The van der Waals surface area contributed by atoms with Gasteiger partial charge in [-0.05, 0) is 18.6 Å². The van der Waals surface area contributed by atoms with Crippen molar-refractivity contribution in [3.8, 4) is 0 Å². The first kappa shape index (κ1) is 15.8. The summed E-state index contributed by atoms with van der Waals surface area (Å²) in [5, 5.41) is 0. The van der Waals surface area contributed by atoms with Gasteiger partial charge in [-0.2, -0.15) is 13.2 Å². The maximum atomic E-state index is 13.3. The summed E-state index contributed by atoms with van der Waals surface area (Å²) in [4.78, 5) is 0. The van der Waals surface area contributed by atoms with Crippen LogP contribution in [0.2, 0.25) is 0 Å². The number of halogens is 5. The molecule has 8 heteroatoms. The SMILES string of the molecule is NNC(COCC(F)(F)F)Cc1c(F)cccc1F. The molecule has 1 aromatic carbocycles. The lowest BCUT2D eigenvalue weighted by molar-refractivity contribution is -0.175. The van der Waals surface area contributed by atoms with E-state index in [0.717, 1.165) is 12.1 Å². The molecule has 0 amide bonds. The summed E-state index contributed by atoms with van der Waals surface area (Å²) in [5.74, 6) is 3.55. The van der Waals surface area contributed by atoms with Crippen molar-refractivity contribution in [2.45, 2.75) is 18.6 Å². The summed E-state index contributed by atoms with van der Waals surface area (Å²) in [6.07, 6.45) is -4.67. The minimum atomic E-state index is -4.46. The highest BCUT2D eigenvalue weighted by molar-refractivity contribution is 5.20. The number of hydrogen-bond donors (Lipinski definition) is 2. The van der Waals surface area contributed by atoms with Crippen LogP contribution in [-0.2, 0) is 11.2 Å². The van der Waals surface area contributed by atoms with Gasteiger partial charge in [0.05, 0.1) is 6.61 Å². The summed E-state index contributed by atoms with van der Waals surface area (Å²) < 4.78 is 66.7. The Labute approximate surface area is 106 Å². The zero-order valence-electron chi connectivity index (χ0n) is 9.81. The molecule has 3 N–H and O–H groups in total. The van der Waals surface area contributed by atoms with E-state index in [1.807, 2.05) is 0 Å². The minimum absolute atomic E-state index is 0.215. The highest BCUT2D eigenvalue weighted by Gasteiger charge is 2.28. The van der Waals surface area contributed by atoms with E-state index >= 15 is 0 Å². The largest absolute Gasteiger partial charge is 0.411 e. The lowest BCUT2D eigenvalue weighted by Gasteiger charge is -2.17. The Morgan fingerprint density at radius 1 is 1.21 bits per heavy atom. The standard InChI is InChI=1S/C11H13F5N2O/c12-9-2-1-3-10(13)8(9)4-7(18-17)5-19-6-11(14,15)16/h1-3,7,18H,4-6,17H2. The van der Waals surface area contributed by atoms with Crippen LogP contribution >= 0.6 is 0 Å². The minimum Gasteiger partial charge on any atom is -0.370 e. The molecule has 3 nitrogen and oxygen atoms in total. The van der Waals surface area contributed by atoms with Crippen LogP contribution in [0.5, 0.6) is 0 Å². The lowest BCUT2D eigenvalue weighted by atomic mass is 10.1. The Bertz CT molecular complexity index is 390. The Balaban J connectivity index is 2.57. The van der Waals surface area contributed by atoms with Crippen LogP contribution in [0, 0.1) is 11.6 Å². The summed E-state index contributed by atoms with van der Waals surface area (Å²) in [6, 6.07) is 2.48. The van der Waals surface area contributed by atoms with Gasteiger partial charge in [-0.1, -0.05) is 6.07 Å². The molecule has 1 rings (SSSR count). The van der Waals surface area contributed by atoms with Crippen molar-refractivity contribution in [2.24, 2.45) is 5.84 Å². The summed E-state index contributed by atoms with van der Waals surface area (Å²) in [5.41, 5.74) is 1.92. The van der Waals surface area contributed by atoms with Crippen LogP contribution in [0.25, 0.3) is 0 Å². The molecule has 0 radical (unpaired) electrons. The quantitative estimate of drug-likeness (QED) is 0.476. The van der Waals surface area contributed by atoms with Crippen LogP contribution in [-0.4, -0.2) is 25.4 Å². The molecule has 0 fully saturated rings. The maximum absolute atomic E-state index is 13.3. The molecule has 0 bridgehead atoms. The van der Waals surface area contributed by atoms with Crippen molar-refractivity contribution < 1.29 is 26.7 Å². The molecule has 0 aliphatic rings. The van der Waals surface area contributed by atoms with Crippen molar-refractivity contribution in [1.82, 2.24) is 5.43 Å². The molecule has 1 atom stereocenters. The van der Waals surface area contributed by atoms with Gasteiger partial charge in [0.25, 0.3) is 0 Å². The number of benzene rings is 1. The van der Waals surface area contributed by atoms with E-state index in [-0.39, 0.29) is 12.0 Å². The predicted molar refractivity (Wildman–Crippen MR) is 58.0 cm³/mol. The van der Waals surface area contributed by atoms with Gasteiger partial charge in [0.2, 0.25) is 0 Å². The normalized spacial score (nSPS) is 13.6. The third-order valence-corrected chi connectivity index (χ3v) is 2.33. The second-order valence-corrected chi connectivity index (χ2v) is 3.90. The van der Waals surface area contributed by atoms with Gasteiger partial charge >= 0.3 is 6.18 Å². The Kier molecular flexibility index (Phi) is 5.64. The van der Waals surface area contributed by atoms with Gasteiger partial charge in [0, 0.05) is 11.6 Å². The van der Waals surface area contributed by atoms with Crippen molar-refractivity contribution in [2.75, 3.05) is 13.2 Å². The first-order valence-electron chi connectivity index (χ1n) is 5.37. The third-order valence-electron chi connectivity index (χ3n) is 2.33. The van der Waals surface area contributed by atoms with Gasteiger partial charge in [0.1, 0.15) is 18.2 Å². The third kappa shape index (κ3) is 5.50. The number of hydrogen-bond acceptors (Lipinski definition) is 3. The first-order chi connectivity index (χ1) is 8.83. The van der Waals surface area contributed by atoms with Crippen LogP contribution in [0.4, 0.5) is 22.0 Å². The number of rotatable bonds is 6. The topological polar surface area (TPSA) is 47.3 Å².